The lowest BCUT2D eigenvalue weighted by molar-refractivity contribution is 0.0696. The van der Waals surface area contributed by atoms with Gasteiger partial charge < -0.3 is 10.0 Å². The molecule has 21 heavy (non-hydrogen) atoms. The van der Waals surface area contributed by atoms with Crippen molar-refractivity contribution in [1.29, 1.82) is 0 Å². The molecular weight excluding hydrogens is 266 g/mol. The van der Waals surface area contributed by atoms with E-state index in [4.69, 9.17) is 0 Å². The first-order valence-electron chi connectivity index (χ1n) is 6.70. The van der Waals surface area contributed by atoms with E-state index >= 15 is 0 Å². The number of nitrogens with zero attached hydrogens (tertiary/aromatic N) is 3. The number of carboxylic acid groups (broad SMARTS) is 1. The average Bonchev–Trinajstić information content (AvgIpc) is 2.39. The zero-order valence-electron chi connectivity index (χ0n) is 12.9. The fraction of sp³-hybridized carbons (Fsp3) is 0.312. The van der Waals surface area contributed by atoms with Crippen LogP contribution < -0.4 is 4.90 Å². The first-order chi connectivity index (χ1) is 9.81. The zero-order valence-corrected chi connectivity index (χ0v) is 12.9. The van der Waals surface area contributed by atoms with Gasteiger partial charge in [0.2, 0.25) is 0 Å². The fourth-order valence-corrected chi connectivity index (χ4v) is 2.35. The quantitative estimate of drug-likeness (QED) is 0.938. The van der Waals surface area contributed by atoms with E-state index in [9.17, 15) is 9.90 Å². The monoisotopic (exact) mass is 285 g/mol. The van der Waals surface area contributed by atoms with E-state index in [1.165, 1.54) is 0 Å². The summed E-state index contributed by atoms with van der Waals surface area (Å²) in [6, 6.07) is 6.06. The van der Waals surface area contributed by atoms with Gasteiger partial charge in [0.1, 0.15) is 5.56 Å². The molecule has 0 fully saturated rings. The van der Waals surface area contributed by atoms with Crippen LogP contribution >= 0.6 is 0 Å². The van der Waals surface area contributed by atoms with Gasteiger partial charge in [0.15, 0.2) is 5.82 Å². The fourth-order valence-electron chi connectivity index (χ4n) is 2.35. The van der Waals surface area contributed by atoms with Crippen LogP contribution in [0.2, 0.25) is 0 Å². The van der Waals surface area contributed by atoms with Crippen molar-refractivity contribution in [3.8, 4) is 0 Å². The third-order valence-electron chi connectivity index (χ3n) is 3.56. The van der Waals surface area contributed by atoms with Crippen LogP contribution in [0, 0.1) is 27.7 Å². The number of hydrogen-bond donors (Lipinski definition) is 1. The van der Waals surface area contributed by atoms with Gasteiger partial charge in [-0.05, 0) is 56.5 Å². The summed E-state index contributed by atoms with van der Waals surface area (Å²) in [6.07, 6.45) is 0. The normalized spacial score (nSPS) is 10.5. The Morgan fingerprint density at radius 2 is 1.62 bits per heavy atom. The third-order valence-corrected chi connectivity index (χ3v) is 3.56. The highest BCUT2D eigenvalue weighted by Gasteiger charge is 2.21. The van der Waals surface area contributed by atoms with E-state index in [0.29, 0.717) is 17.1 Å². The molecule has 0 saturated carbocycles. The molecule has 5 nitrogen and oxygen atoms in total. The van der Waals surface area contributed by atoms with Crippen molar-refractivity contribution in [2.45, 2.75) is 27.7 Å². The van der Waals surface area contributed by atoms with Crippen LogP contribution in [0.1, 0.15) is 32.7 Å². The molecule has 0 saturated heterocycles. The van der Waals surface area contributed by atoms with Crippen molar-refractivity contribution in [1.82, 2.24) is 10.2 Å². The molecule has 0 unspecified atom stereocenters. The highest BCUT2D eigenvalue weighted by atomic mass is 16.4. The van der Waals surface area contributed by atoms with Crippen molar-refractivity contribution in [2.75, 3.05) is 11.9 Å². The van der Waals surface area contributed by atoms with Gasteiger partial charge in [0.25, 0.3) is 0 Å². The maximum atomic E-state index is 11.6. The number of hydrogen-bond acceptors (Lipinski definition) is 4. The molecule has 1 heterocycles. The predicted molar refractivity (Wildman–Crippen MR) is 82.4 cm³/mol. The topological polar surface area (TPSA) is 66.3 Å². The number of aryl methyl sites for hydroxylation is 3. The van der Waals surface area contributed by atoms with Gasteiger partial charge in [0.05, 0.1) is 5.69 Å². The summed E-state index contributed by atoms with van der Waals surface area (Å²) < 4.78 is 0. The molecule has 0 amide bonds. The van der Waals surface area contributed by atoms with Gasteiger partial charge in [0, 0.05) is 12.7 Å². The van der Waals surface area contributed by atoms with Gasteiger partial charge in [-0.3, -0.25) is 0 Å². The maximum Gasteiger partial charge on any atom is 0.339 e. The first kappa shape index (κ1) is 15.0. The van der Waals surface area contributed by atoms with Gasteiger partial charge in [-0.25, -0.2) is 4.79 Å². The Morgan fingerprint density at radius 1 is 1.05 bits per heavy atom. The Kier molecular flexibility index (Phi) is 3.93. The van der Waals surface area contributed by atoms with Crippen LogP contribution in [0.15, 0.2) is 18.2 Å². The number of carboxylic acids is 1. The number of anilines is 2. The molecule has 2 aromatic rings. The molecule has 110 valence electrons. The molecule has 0 atom stereocenters. The minimum atomic E-state index is -0.989. The van der Waals surface area contributed by atoms with Crippen molar-refractivity contribution in [3.05, 3.63) is 46.1 Å². The van der Waals surface area contributed by atoms with Gasteiger partial charge in [-0.2, -0.15) is 5.10 Å². The Hall–Kier alpha value is -2.43. The number of benzene rings is 1. The lowest BCUT2D eigenvalue weighted by Crippen LogP contribution is -2.19. The minimum absolute atomic E-state index is 0.198. The van der Waals surface area contributed by atoms with E-state index in [1.807, 2.05) is 26.0 Å². The van der Waals surface area contributed by atoms with Crippen molar-refractivity contribution in [2.24, 2.45) is 0 Å². The molecule has 2 rings (SSSR count). The van der Waals surface area contributed by atoms with E-state index in [0.717, 1.165) is 16.8 Å². The number of aromatic carboxylic acids is 1. The zero-order chi connectivity index (χ0) is 15.7. The van der Waals surface area contributed by atoms with Crippen LogP contribution in [0.25, 0.3) is 0 Å². The molecule has 0 bridgehead atoms. The Morgan fingerprint density at radius 3 is 2.14 bits per heavy atom. The summed E-state index contributed by atoms with van der Waals surface area (Å²) in [4.78, 5) is 13.3. The molecule has 0 spiro atoms. The first-order valence-corrected chi connectivity index (χ1v) is 6.70. The Balaban J connectivity index is 2.60. The third kappa shape index (κ3) is 2.86. The SMILES string of the molecule is Cc1cc(C)cc(N(C)c2nnc(C)c(C)c2C(=O)O)c1. The van der Waals surface area contributed by atoms with E-state index < -0.39 is 5.97 Å². The molecule has 1 N–H and O–H groups in total. The second kappa shape index (κ2) is 5.52. The number of carbonyl (C=O) groups is 1. The van der Waals surface area contributed by atoms with Crippen LogP contribution in [0.4, 0.5) is 11.5 Å². The Bertz CT molecular complexity index is 691. The van der Waals surface area contributed by atoms with E-state index in [1.54, 1.807) is 25.8 Å². The summed E-state index contributed by atoms with van der Waals surface area (Å²) in [5.41, 5.74) is 4.60. The lowest BCUT2D eigenvalue weighted by Gasteiger charge is -2.21. The predicted octanol–water partition coefficient (Wildman–Crippen LogP) is 3.18. The molecule has 0 radical (unpaired) electrons. The summed E-state index contributed by atoms with van der Waals surface area (Å²) in [5.74, 6) is -0.632. The largest absolute Gasteiger partial charge is 0.478 e. The molecular formula is C16H19N3O2. The van der Waals surface area contributed by atoms with Crippen LogP contribution in [0.3, 0.4) is 0 Å². The van der Waals surface area contributed by atoms with Crippen molar-refractivity contribution >= 4 is 17.5 Å². The molecule has 0 aliphatic heterocycles. The van der Waals surface area contributed by atoms with Crippen molar-refractivity contribution in [3.63, 3.8) is 0 Å². The second-order valence-corrected chi connectivity index (χ2v) is 5.32. The maximum absolute atomic E-state index is 11.6. The number of aromatic nitrogens is 2. The molecule has 0 aliphatic rings. The highest BCUT2D eigenvalue weighted by molar-refractivity contribution is 5.96. The van der Waals surface area contributed by atoms with E-state index in [2.05, 4.69) is 16.3 Å². The van der Waals surface area contributed by atoms with Crippen LogP contribution in [0.5, 0.6) is 0 Å². The molecule has 1 aromatic carbocycles. The van der Waals surface area contributed by atoms with Crippen molar-refractivity contribution < 1.29 is 9.90 Å². The second-order valence-electron chi connectivity index (χ2n) is 5.32. The number of rotatable bonds is 3. The summed E-state index contributed by atoms with van der Waals surface area (Å²) in [6.45, 7) is 7.53. The minimum Gasteiger partial charge on any atom is -0.478 e. The Labute approximate surface area is 124 Å². The van der Waals surface area contributed by atoms with Crippen LogP contribution in [-0.4, -0.2) is 28.3 Å². The van der Waals surface area contributed by atoms with Gasteiger partial charge in [-0.15, -0.1) is 5.10 Å². The standard InChI is InChI=1S/C16H19N3O2/c1-9-6-10(2)8-13(7-9)19(5)15-14(16(20)21)11(3)12(4)17-18-15/h6-8H,1-5H3,(H,20,21). The molecule has 1 aromatic heterocycles. The summed E-state index contributed by atoms with van der Waals surface area (Å²) in [5, 5.41) is 17.6. The summed E-state index contributed by atoms with van der Waals surface area (Å²) >= 11 is 0. The van der Waals surface area contributed by atoms with Gasteiger partial charge in [-0.1, -0.05) is 6.07 Å². The smallest absolute Gasteiger partial charge is 0.339 e. The van der Waals surface area contributed by atoms with Gasteiger partial charge >= 0.3 is 5.97 Å². The highest BCUT2D eigenvalue weighted by Crippen LogP contribution is 2.28. The van der Waals surface area contributed by atoms with E-state index in [-0.39, 0.29) is 5.56 Å². The lowest BCUT2D eigenvalue weighted by atomic mass is 10.1. The average molecular weight is 285 g/mol. The molecule has 5 heteroatoms. The summed E-state index contributed by atoms with van der Waals surface area (Å²) in [7, 11) is 1.80. The van der Waals surface area contributed by atoms with Crippen LogP contribution in [-0.2, 0) is 0 Å². The molecule has 0 aliphatic carbocycles.